The summed E-state index contributed by atoms with van der Waals surface area (Å²) >= 11 is 0. The summed E-state index contributed by atoms with van der Waals surface area (Å²) < 4.78 is 1.75. The number of amides is 1. The summed E-state index contributed by atoms with van der Waals surface area (Å²) in [7, 11) is 0. The van der Waals surface area contributed by atoms with Crippen LogP contribution in [0.5, 0.6) is 0 Å². The molecule has 3 aromatic rings. The lowest BCUT2D eigenvalue weighted by molar-refractivity contribution is 0.0954. The number of benzene rings is 1. The van der Waals surface area contributed by atoms with E-state index in [1.807, 2.05) is 42.7 Å². The van der Waals surface area contributed by atoms with Crippen LogP contribution >= 0.6 is 0 Å². The number of hydrogen-bond acceptors (Lipinski definition) is 3. The Bertz CT molecular complexity index is 721. The lowest BCUT2D eigenvalue weighted by Gasteiger charge is -2.06. The molecule has 0 aliphatic carbocycles. The minimum atomic E-state index is -0.0732. The fraction of sp³-hybridized carbons (Fsp3) is 0.118. The van der Waals surface area contributed by atoms with E-state index in [1.165, 1.54) is 0 Å². The molecule has 1 amide bonds. The van der Waals surface area contributed by atoms with E-state index in [2.05, 4.69) is 15.4 Å². The van der Waals surface area contributed by atoms with Gasteiger partial charge in [0.2, 0.25) is 0 Å². The van der Waals surface area contributed by atoms with Crippen molar-refractivity contribution in [3.8, 4) is 5.69 Å². The van der Waals surface area contributed by atoms with Crippen LogP contribution in [0.25, 0.3) is 5.69 Å². The Morgan fingerprint density at radius 1 is 1.09 bits per heavy atom. The van der Waals surface area contributed by atoms with Crippen molar-refractivity contribution < 1.29 is 4.79 Å². The summed E-state index contributed by atoms with van der Waals surface area (Å²) in [5, 5.41) is 7.07. The zero-order valence-corrected chi connectivity index (χ0v) is 12.0. The van der Waals surface area contributed by atoms with Crippen molar-refractivity contribution in [3.63, 3.8) is 0 Å². The van der Waals surface area contributed by atoms with Crippen LogP contribution in [0.2, 0.25) is 0 Å². The summed E-state index contributed by atoms with van der Waals surface area (Å²) in [6.45, 7) is 0.589. The molecule has 1 aromatic carbocycles. The molecular weight excluding hydrogens is 276 g/mol. The molecule has 0 radical (unpaired) electrons. The molecule has 0 saturated carbocycles. The van der Waals surface area contributed by atoms with E-state index in [0.717, 1.165) is 17.7 Å². The predicted molar refractivity (Wildman–Crippen MR) is 83.8 cm³/mol. The van der Waals surface area contributed by atoms with E-state index in [1.54, 1.807) is 29.2 Å². The van der Waals surface area contributed by atoms with Gasteiger partial charge in [-0.3, -0.25) is 9.78 Å². The Morgan fingerprint density at radius 2 is 1.95 bits per heavy atom. The summed E-state index contributed by atoms with van der Waals surface area (Å²) in [5.41, 5.74) is 2.68. The van der Waals surface area contributed by atoms with Crippen LogP contribution in [0.3, 0.4) is 0 Å². The Kier molecular flexibility index (Phi) is 4.25. The van der Waals surface area contributed by atoms with Crippen molar-refractivity contribution in [2.75, 3.05) is 6.54 Å². The predicted octanol–water partition coefficient (Wildman–Crippen LogP) is 2.24. The molecule has 22 heavy (non-hydrogen) atoms. The van der Waals surface area contributed by atoms with E-state index in [4.69, 9.17) is 0 Å². The third-order valence-electron chi connectivity index (χ3n) is 3.32. The van der Waals surface area contributed by atoms with Crippen molar-refractivity contribution in [2.45, 2.75) is 6.42 Å². The van der Waals surface area contributed by atoms with Crippen molar-refractivity contribution in [1.82, 2.24) is 20.1 Å². The molecule has 5 heteroatoms. The molecule has 0 aliphatic rings. The summed E-state index contributed by atoms with van der Waals surface area (Å²) in [4.78, 5) is 16.1. The highest BCUT2D eigenvalue weighted by atomic mass is 16.1. The van der Waals surface area contributed by atoms with Gasteiger partial charge in [0.05, 0.1) is 5.69 Å². The lowest BCUT2D eigenvalue weighted by Crippen LogP contribution is -2.25. The SMILES string of the molecule is O=C(NCCc1cccnc1)c1ccc(-n2cccn2)cc1. The topological polar surface area (TPSA) is 59.8 Å². The third-order valence-corrected chi connectivity index (χ3v) is 3.32. The van der Waals surface area contributed by atoms with Crippen molar-refractivity contribution in [3.05, 3.63) is 78.4 Å². The molecule has 0 spiro atoms. The summed E-state index contributed by atoms with van der Waals surface area (Å²) in [6.07, 6.45) is 7.90. The van der Waals surface area contributed by atoms with Crippen LogP contribution in [-0.4, -0.2) is 27.2 Å². The van der Waals surface area contributed by atoms with Gasteiger partial charge in [0.1, 0.15) is 0 Å². The van der Waals surface area contributed by atoms with Gasteiger partial charge in [0.25, 0.3) is 5.91 Å². The second-order valence-corrected chi connectivity index (χ2v) is 4.86. The number of pyridine rings is 1. The minimum Gasteiger partial charge on any atom is -0.352 e. The molecule has 0 bridgehead atoms. The highest BCUT2D eigenvalue weighted by molar-refractivity contribution is 5.94. The quantitative estimate of drug-likeness (QED) is 0.784. The summed E-state index contributed by atoms with van der Waals surface area (Å²) in [6, 6.07) is 13.1. The van der Waals surface area contributed by atoms with Crippen molar-refractivity contribution in [2.24, 2.45) is 0 Å². The Balaban J connectivity index is 1.56. The fourth-order valence-electron chi connectivity index (χ4n) is 2.16. The monoisotopic (exact) mass is 292 g/mol. The van der Waals surface area contributed by atoms with Gasteiger partial charge < -0.3 is 5.32 Å². The molecule has 110 valence electrons. The highest BCUT2D eigenvalue weighted by Gasteiger charge is 2.05. The number of rotatable bonds is 5. The van der Waals surface area contributed by atoms with Gasteiger partial charge in [-0.1, -0.05) is 6.07 Å². The number of carbonyl (C=O) groups is 1. The van der Waals surface area contributed by atoms with E-state index >= 15 is 0 Å². The molecule has 0 saturated heterocycles. The first-order valence-corrected chi connectivity index (χ1v) is 7.10. The maximum atomic E-state index is 12.1. The van der Waals surface area contributed by atoms with Crippen LogP contribution in [0.15, 0.2) is 67.3 Å². The van der Waals surface area contributed by atoms with Crippen LogP contribution in [0.1, 0.15) is 15.9 Å². The molecule has 3 rings (SSSR count). The number of nitrogens with zero attached hydrogens (tertiary/aromatic N) is 3. The standard InChI is InChI=1S/C17H16N4O/c22-17(19-11-8-14-3-1-9-18-13-14)15-4-6-16(7-5-15)21-12-2-10-20-21/h1-7,9-10,12-13H,8,11H2,(H,19,22). The second kappa shape index (κ2) is 6.67. The molecule has 2 aromatic heterocycles. The largest absolute Gasteiger partial charge is 0.352 e. The lowest BCUT2D eigenvalue weighted by atomic mass is 10.2. The first kappa shape index (κ1) is 14.0. The average molecular weight is 292 g/mol. The van der Waals surface area contributed by atoms with Gasteiger partial charge in [0.15, 0.2) is 0 Å². The van der Waals surface area contributed by atoms with Gasteiger partial charge in [-0.25, -0.2) is 4.68 Å². The number of nitrogens with one attached hydrogen (secondary N) is 1. The molecule has 5 nitrogen and oxygen atoms in total. The maximum Gasteiger partial charge on any atom is 0.251 e. The van der Waals surface area contributed by atoms with E-state index < -0.39 is 0 Å². The molecule has 0 fully saturated rings. The minimum absolute atomic E-state index is 0.0732. The van der Waals surface area contributed by atoms with Gasteiger partial charge in [-0.05, 0) is 48.4 Å². The van der Waals surface area contributed by atoms with Gasteiger partial charge in [-0.2, -0.15) is 5.10 Å². The normalized spacial score (nSPS) is 10.4. The van der Waals surface area contributed by atoms with Crippen molar-refractivity contribution in [1.29, 1.82) is 0 Å². The molecule has 0 aliphatic heterocycles. The molecular formula is C17H16N4O. The van der Waals surface area contributed by atoms with E-state index in [0.29, 0.717) is 12.1 Å². The molecule has 0 atom stereocenters. The fourth-order valence-corrected chi connectivity index (χ4v) is 2.16. The molecule has 1 N–H and O–H groups in total. The zero-order chi connectivity index (χ0) is 15.2. The third kappa shape index (κ3) is 3.38. The highest BCUT2D eigenvalue weighted by Crippen LogP contribution is 2.08. The number of hydrogen-bond donors (Lipinski definition) is 1. The van der Waals surface area contributed by atoms with E-state index in [9.17, 15) is 4.79 Å². The van der Waals surface area contributed by atoms with E-state index in [-0.39, 0.29) is 5.91 Å². The Labute approximate surface area is 128 Å². The van der Waals surface area contributed by atoms with Crippen LogP contribution in [0, 0.1) is 0 Å². The smallest absolute Gasteiger partial charge is 0.251 e. The van der Waals surface area contributed by atoms with Crippen LogP contribution in [-0.2, 0) is 6.42 Å². The molecule has 0 unspecified atom stereocenters. The van der Waals surface area contributed by atoms with Gasteiger partial charge in [0, 0.05) is 36.9 Å². The maximum absolute atomic E-state index is 12.1. The molecule has 2 heterocycles. The Morgan fingerprint density at radius 3 is 2.64 bits per heavy atom. The van der Waals surface area contributed by atoms with Crippen molar-refractivity contribution >= 4 is 5.91 Å². The first-order chi connectivity index (χ1) is 10.8. The first-order valence-electron chi connectivity index (χ1n) is 7.10. The second-order valence-electron chi connectivity index (χ2n) is 4.86. The van der Waals surface area contributed by atoms with Gasteiger partial charge >= 0.3 is 0 Å². The van der Waals surface area contributed by atoms with Crippen LogP contribution < -0.4 is 5.32 Å². The zero-order valence-electron chi connectivity index (χ0n) is 12.0. The number of carbonyl (C=O) groups excluding carboxylic acids is 1. The summed E-state index contributed by atoms with van der Waals surface area (Å²) in [5.74, 6) is -0.0732. The average Bonchev–Trinajstić information content (AvgIpc) is 3.10. The van der Waals surface area contributed by atoms with Gasteiger partial charge in [-0.15, -0.1) is 0 Å². The van der Waals surface area contributed by atoms with Crippen LogP contribution in [0.4, 0.5) is 0 Å². The number of aromatic nitrogens is 3. The Hall–Kier alpha value is -2.95.